The second kappa shape index (κ2) is 7.87. The lowest BCUT2D eigenvalue weighted by atomic mass is 10.2. The molecule has 24 heavy (non-hydrogen) atoms. The molecular formula is C16H23N5O2S. The van der Waals surface area contributed by atoms with Gasteiger partial charge in [0.1, 0.15) is 0 Å². The number of amides is 1. The SMILES string of the molecule is Cc1noc(CN2CCN([C@H](C)C(=O)NCc3cccs3)CC2)n1. The number of nitrogens with zero attached hydrogens (tertiary/aromatic N) is 4. The minimum atomic E-state index is -0.113. The zero-order chi connectivity index (χ0) is 16.9. The number of thiophene rings is 1. The molecule has 1 fully saturated rings. The van der Waals surface area contributed by atoms with E-state index in [0.717, 1.165) is 26.2 Å². The molecule has 0 aromatic carbocycles. The molecule has 2 aromatic rings. The summed E-state index contributed by atoms with van der Waals surface area (Å²) in [6, 6.07) is 3.92. The highest BCUT2D eigenvalue weighted by Gasteiger charge is 2.26. The molecule has 3 heterocycles. The van der Waals surface area contributed by atoms with Gasteiger partial charge >= 0.3 is 0 Å². The van der Waals surface area contributed by atoms with Crippen molar-refractivity contribution in [1.82, 2.24) is 25.3 Å². The maximum absolute atomic E-state index is 12.3. The summed E-state index contributed by atoms with van der Waals surface area (Å²) >= 11 is 1.66. The van der Waals surface area contributed by atoms with Crippen LogP contribution in [0.4, 0.5) is 0 Å². The maximum Gasteiger partial charge on any atom is 0.240 e. The van der Waals surface area contributed by atoms with E-state index < -0.39 is 0 Å². The minimum absolute atomic E-state index is 0.0874. The van der Waals surface area contributed by atoms with Gasteiger partial charge in [0, 0.05) is 31.1 Å². The van der Waals surface area contributed by atoms with Crippen LogP contribution in [0.15, 0.2) is 22.0 Å². The number of carbonyl (C=O) groups excluding carboxylic acids is 1. The van der Waals surface area contributed by atoms with E-state index in [-0.39, 0.29) is 11.9 Å². The highest BCUT2D eigenvalue weighted by molar-refractivity contribution is 7.09. The van der Waals surface area contributed by atoms with Crippen LogP contribution < -0.4 is 5.32 Å². The molecule has 1 aliphatic heterocycles. The molecule has 0 bridgehead atoms. The Hall–Kier alpha value is -1.77. The van der Waals surface area contributed by atoms with Crippen molar-refractivity contribution in [1.29, 1.82) is 0 Å². The van der Waals surface area contributed by atoms with Gasteiger partial charge in [-0.05, 0) is 25.3 Å². The van der Waals surface area contributed by atoms with Gasteiger partial charge in [0.05, 0.1) is 19.1 Å². The van der Waals surface area contributed by atoms with Crippen molar-refractivity contribution < 1.29 is 9.32 Å². The summed E-state index contributed by atoms with van der Waals surface area (Å²) in [6.45, 7) is 8.59. The quantitative estimate of drug-likeness (QED) is 0.846. The summed E-state index contributed by atoms with van der Waals surface area (Å²) in [6.07, 6.45) is 0. The van der Waals surface area contributed by atoms with Gasteiger partial charge in [0.15, 0.2) is 5.82 Å². The van der Waals surface area contributed by atoms with Gasteiger partial charge in [-0.2, -0.15) is 4.98 Å². The monoisotopic (exact) mass is 349 g/mol. The predicted octanol–water partition coefficient (Wildman–Crippen LogP) is 1.26. The van der Waals surface area contributed by atoms with Gasteiger partial charge in [-0.25, -0.2) is 0 Å². The van der Waals surface area contributed by atoms with E-state index in [1.165, 1.54) is 4.88 Å². The summed E-state index contributed by atoms with van der Waals surface area (Å²) < 4.78 is 5.17. The third-order valence-electron chi connectivity index (χ3n) is 4.28. The molecule has 3 rings (SSSR count). The molecule has 1 N–H and O–H groups in total. The molecule has 8 heteroatoms. The minimum Gasteiger partial charge on any atom is -0.350 e. The highest BCUT2D eigenvalue weighted by Crippen LogP contribution is 2.11. The fraction of sp³-hybridized carbons (Fsp3) is 0.562. The second-order valence-corrected chi connectivity index (χ2v) is 7.05. The summed E-state index contributed by atoms with van der Waals surface area (Å²) in [4.78, 5) is 22.2. The topological polar surface area (TPSA) is 74.5 Å². The lowest BCUT2D eigenvalue weighted by Gasteiger charge is -2.36. The molecule has 1 saturated heterocycles. The van der Waals surface area contributed by atoms with Gasteiger partial charge in [0.25, 0.3) is 0 Å². The van der Waals surface area contributed by atoms with Crippen LogP contribution in [0.25, 0.3) is 0 Å². The van der Waals surface area contributed by atoms with Gasteiger partial charge < -0.3 is 9.84 Å². The molecular weight excluding hydrogens is 326 g/mol. The molecule has 0 spiro atoms. The predicted molar refractivity (Wildman–Crippen MR) is 91.5 cm³/mol. The van der Waals surface area contributed by atoms with Gasteiger partial charge in [-0.3, -0.25) is 14.6 Å². The smallest absolute Gasteiger partial charge is 0.240 e. The van der Waals surface area contributed by atoms with E-state index in [9.17, 15) is 4.79 Å². The fourth-order valence-electron chi connectivity index (χ4n) is 2.81. The fourth-order valence-corrected chi connectivity index (χ4v) is 3.45. The number of hydrogen-bond acceptors (Lipinski definition) is 7. The Morgan fingerprint density at radius 3 is 2.83 bits per heavy atom. The van der Waals surface area contributed by atoms with Crippen LogP contribution in [-0.4, -0.2) is 58.1 Å². The average molecular weight is 349 g/mol. The molecule has 0 saturated carbocycles. The van der Waals surface area contributed by atoms with E-state index in [4.69, 9.17) is 4.52 Å². The lowest BCUT2D eigenvalue weighted by Crippen LogP contribution is -2.53. The third-order valence-corrected chi connectivity index (χ3v) is 5.16. The Labute approximate surface area is 145 Å². The van der Waals surface area contributed by atoms with Crippen molar-refractivity contribution in [2.75, 3.05) is 26.2 Å². The second-order valence-electron chi connectivity index (χ2n) is 6.02. The largest absolute Gasteiger partial charge is 0.350 e. The number of nitrogens with one attached hydrogen (secondary N) is 1. The third kappa shape index (κ3) is 4.40. The van der Waals surface area contributed by atoms with Crippen LogP contribution >= 0.6 is 11.3 Å². The van der Waals surface area contributed by atoms with Crippen molar-refractivity contribution in [3.63, 3.8) is 0 Å². The van der Waals surface area contributed by atoms with Crippen molar-refractivity contribution in [3.05, 3.63) is 34.1 Å². The normalized spacial score (nSPS) is 17.8. The first-order valence-corrected chi connectivity index (χ1v) is 9.05. The van der Waals surface area contributed by atoms with Crippen molar-refractivity contribution in [2.24, 2.45) is 0 Å². The summed E-state index contributed by atoms with van der Waals surface area (Å²) in [5.74, 6) is 1.41. The first-order chi connectivity index (χ1) is 11.6. The molecule has 1 aliphatic rings. The zero-order valence-electron chi connectivity index (χ0n) is 14.1. The lowest BCUT2D eigenvalue weighted by molar-refractivity contribution is -0.126. The Bertz CT molecular complexity index is 649. The maximum atomic E-state index is 12.3. The molecule has 0 aliphatic carbocycles. The molecule has 130 valence electrons. The van der Waals surface area contributed by atoms with Crippen LogP contribution in [0.1, 0.15) is 23.5 Å². The molecule has 7 nitrogen and oxygen atoms in total. The molecule has 2 aromatic heterocycles. The highest BCUT2D eigenvalue weighted by atomic mass is 32.1. The van der Waals surface area contributed by atoms with E-state index in [1.54, 1.807) is 11.3 Å². The Morgan fingerprint density at radius 2 is 2.21 bits per heavy atom. The Morgan fingerprint density at radius 1 is 1.42 bits per heavy atom. The van der Waals surface area contributed by atoms with Crippen LogP contribution in [0.2, 0.25) is 0 Å². The molecule has 0 radical (unpaired) electrons. The number of carbonyl (C=O) groups is 1. The average Bonchev–Trinajstić information content (AvgIpc) is 3.24. The summed E-state index contributed by atoms with van der Waals surface area (Å²) in [5, 5.41) is 8.86. The van der Waals surface area contributed by atoms with Gasteiger partial charge in [-0.1, -0.05) is 11.2 Å². The molecule has 1 atom stereocenters. The van der Waals surface area contributed by atoms with Crippen molar-refractivity contribution >= 4 is 17.2 Å². The first-order valence-electron chi connectivity index (χ1n) is 8.17. The molecule has 0 unspecified atom stereocenters. The number of aryl methyl sites for hydroxylation is 1. The van der Waals surface area contributed by atoms with E-state index in [1.807, 2.05) is 31.4 Å². The summed E-state index contributed by atoms with van der Waals surface area (Å²) in [7, 11) is 0. The summed E-state index contributed by atoms with van der Waals surface area (Å²) in [5.41, 5.74) is 0. The molecule has 1 amide bonds. The first kappa shape index (κ1) is 17.1. The standard InChI is InChI=1S/C16H23N5O2S/c1-12(16(22)17-10-14-4-3-9-24-14)21-7-5-20(6-8-21)11-15-18-13(2)19-23-15/h3-4,9,12H,5-8,10-11H2,1-2H3,(H,17,22)/t12-/m1/s1. The zero-order valence-corrected chi connectivity index (χ0v) is 14.9. The van der Waals surface area contributed by atoms with Crippen LogP contribution in [0.5, 0.6) is 0 Å². The number of aromatic nitrogens is 2. The Balaban J connectivity index is 1.42. The van der Waals surface area contributed by atoms with E-state index in [0.29, 0.717) is 24.8 Å². The number of rotatable bonds is 6. The van der Waals surface area contributed by atoms with Gasteiger partial charge in [0.2, 0.25) is 11.8 Å². The Kier molecular flexibility index (Phi) is 5.60. The van der Waals surface area contributed by atoms with Crippen molar-refractivity contribution in [2.45, 2.75) is 33.0 Å². The van der Waals surface area contributed by atoms with Crippen LogP contribution in [0, 0.1) is 6.92 Å². The number of piperazine rings is 1. The van der Waals surface area contributed by atoms with Crippen LogP contribution in [-0.2, 0) is 17.9 Å². The van der Waals surface area contributed by atoms with E-state index in [2.05, 4.69) is 25.3 Å². The van der Waals surface area contributed by atoms with Crippen molar-refractivity contribution in [3.8, 4) is 0 Å². The van der Waals surface area contributed by atoms with E-state index >= 15 is 0 Å². The number of hydrogen-bond donors (Lipinski definition) is 1. The van der Waals surface area contributed by atoms with Crippen LogP contribution in [0.3, 0.4) is 0 Å². The van der Waals surface area contributed by atoms with Gasteiger partial charge in [-0.15, -0.1) is 11.3 Å².